The summed E-state index contributed by atoms with van der Waals surface area (Å²) in [6, 6.07) is 0.658. The number of hydrogen-bond donors (Lipinski definition) is 1. The van der Waals surface area contributed by atoms with Gasteiger partial charge in [-0.3, -0.25) is 4.90 Å². The molecule has 0 aromatic heterocycles. The molecule has 0 aliphatic carbocycles. The van der Waals surface area contributed by atoms with Crippen LogP contribution in [0.3, 0.4) is 0 Å². The van der Waals surface area contributed by atoms with Gasteiger partial charge in [-0.1, -0.05) is 6.42 Å². The average molecular weight is 203 g/mol. The molecule has 3 heteroatoms. The second-order valence-corrected chi connectivity index (χ2v) is 4.68. The van der Waals surface area contributed by atoms with E-state index in [4.69, 9.17) is 5.11 Å². The highest BCUT2D eigenvalue weighted by Crippen LogP contribution is 2.19. The zero-order chi connectivity index (χ0) is 9.52. The number of piperidine rings is 1. The summed E-state index contributed by atoms with van der Waals surface area (Å²) in [6.07, 6.45) is 7.10. The van der Waals surface area contributed by atoms with Crippen molar-refractivity contribution >= 4 is 11.8 Å². The molecule has 1 unspecified atom stereocenters. The summed E-state index contributed by atoms with van der Waals surface area (Å²) in [6.45, 7) is 2.79. The molecule has 0 saturated carbocycles. The number of nitrogens with zero attached hydrogens (tertiary/aromatic N) is 1. The van der Waals surface area contributed by atoms with Crippen LogP contribution in [0.25, 0.3) is 0 Å². The molecule has 1 saturated heterocycles. The van der Waals surface area contributed by atoms with E-state index in [1.165, 1.54) is 38.1 Å². The third-order valence-corrected chi connectivity index (χ3v) is 3.38. The monoisotopic (exact) mass is 203 g/mol. The number of aliphatic hydroxyl groups excluding tert-OH is 1. The van der Waals surface area contributed by atoms with Crippen molar-refractivity contribution in [3.63, 3.8) is 0 Å². The van der Waals surface area contributed by atoms with E-state index in [1.807, 2.05) is 11.8 Å². The molecule has 0 bridgehead atoms. The van der Waals surface area contributed by atoms with Crippen LogP contribution < -0.4 is 0 Å². The van der Waals surface area contributed by atoms with Gasteiger partial charge in [-0.05, 0) is 32.1 Å². The minimum absolute atomic E-state index is 0.348. The van der Waals surface area contributed by atoms with Gasteiger partial charge < -0.3 is 5.11 Å². The number of thioether (sulfide) groups is 1. The van der Waals surface area contributed by atoms with Crippen LogP contribution >= 0.6 is 11.8 Å². The van der Waals surface area contributed by atoms with Crippen LogP contribution in [0.15, 0.2) is 0 Å². The van der Waals surface area contributed by atoms with E-state index in [0.717, 1.165) is 6.42 Å². The van der Waals surface area contributed by atoms with Gasteiger partial charge >= 0.3 is 0 Å². The van der Waals surface area contributed by atoms with E-state index in [-0.39, 0.29) is 0 Å². The van der Waals surface area contributed by atoms with Crippen molar-refractivity contribution in [1.82, 2.24) is 4.90 Å². The van der Waals surface area contributed by atoms with Gasteiger partial charge in [-0.15, -0.1) is 0 Å². The normalized spacial score (nSPS) is 24.9. The number of hydrogen-bond acceptors (Lipinski definition) is 3. The molecule has 78 valence electrons. The zero-order valence-electron chi connectivity index (χ0n) is 8.54. The highest BCUT2D eigenvalue weighted by Gasteiger charge is 2.20. The van der Waals surface area contributed by atoms with Crippen molar-refractivity contribution in [2.24, 2.45) is 0 Å². The first-order valence-corrected chi connectivity index (χ1v) is 6.61. The molecule has 1 fully saturated rings. The van der Waals surface area contributed by atoms with Crippen molar-refractivity contribution < 1.29 is 5.11 Å². The van der Waals surface area contributed by atoms with Gasteiger partial charge in [0.15, 0.2) is 0 Å². The van der Waals surface area contributed by atoms with Crippen LogP contribution in [0.2, 0.25) is 0 Å². The molecule has 2 nitrogen and oxygen atoms in total. The molecule has 0 radical (unpaired) electrons. The summed E-state index contributed by atoms with van der Waals surface area (Å²) < 4.78 is 0. The molecule has 1 N–H and O–H groups in total. The quantitative estimate of drug-likeness (QED) is 0.734. The maximum atomic E-state index is 8.93. The van der Waals surface area contributed by atoms with Crippen LogP contribution in [0, 0.1) is 0 Å². The Kier molecular flexibility index (Phi) is 5.83. The van der Waals surface area contributed by atoms with E-state index < -0.39 is 0 Å². The fraction of sp³-hybridized carbons (Fsp3) is 1.00. The molecule has 1 aliphatic heterocycles. The van der Waals surface area contributed by atoms with Crippen LogP contribution in [-0.4, -0.2) is 47.8 Å². The summed E-state index contributed by atoms with van der Waals surface area (Å²) in [7, 11) is 0. The maximum absolute atomic E-state index is 8.93. The molecule has 0 spiro atoms. The third kappa shape index (κ3) is 3.88. The van der Waals surface area contributed by atoms with Crippen molar-refractivity contribution in [2.45, 2.75) is 31.7 Å². The Balaban J connectivity index is 2.28. The van der Waals surface area contributed by atoms with Gasteiger partial charge in [-0.25, -0.2) is 0 Å². The molecule has 0 aromatic carbocycles. The Hall–Kier alpha value is 0.270. The molecular formula is C10H21NOS. The molecule has 0 amide bonds. The molecule has 1 atom stereocenters. The lowest BCUT2D eigenvalue weighted by atomic mass is 10.00. The smallest absolute Gasteiger partial charge is 0.0445 e. The molecular weight excluding hydrogens is 182 g/mol. The van der Waals surface area contributed by atoms with E-state index in [0.29, 0.717) is 12.6 Å². The zero-order valence-corrected chi connectivity index (χ0v) is 9.35. The Labute approximate surface area is 85.7 Å². The van der Waals surface area contributed by atoms with Crippen LogP contribution in [-0.2, 0) is 0 Å². The third-order valence-electron chi connectivity index (χ3n) is 2.79. The fourth-order valence-corrected chi connectivity index (χ4v) is 2.46. The highest BCUT2D eigenvalue weighted by atomic mass is 32.2. The van der Waals surface area contributed by atoms with Crippen LogP contribution in [0.4, 0.5) is 0 Å². The van der Waals surface area contributed by atoms with Gasteiger partial charge in [0.05, 0.1) is 0 Å². The van der Waals surface area contributed by atoms with Crippen molar-refractivity contribution in [2.75, 3.05) is 31.7 Å². The largest absolute Gasteiger partial charge is 0.396 e. The fourth-order valence-electron chi connectivity index (χ4n) is 2.04. The number of rotatable bonds is 5. The van der Waals surface area contributed by atoms with Crippen LogP contribution in [0.5, 0.6) is 0 Å². The second kappa shape index (κ2) is 6.68. The predicted molar refractivity (Wildman–Crippen MR) is 59.3 cm³/mol. The summed E-state index contributed by atoms with van der Waals surface area (Å²) in [5, 5.41) is 8.93. The Bertz CT molecular complexity index is 130. The standard InChI is InChI=1S/C10H21NOS/c1-13-9-7-11-6-3-2-4-10(11)5-8-12/h10,12H,2-9H2,1H3. The topological polar surface area (TPSA) is 23.5 Å². The minimum atomic E-state index is 0.348. The van der Waals surface area contributed by atoms with Gasteiger partial charge in [0, 0.05) is 24.9 Å². The number of likely N-dealkylation sites (tertiary alicyclic amines) is 1. The van der Waals surface area contributed by atoms with E-state index >= 15 is 0 Å². The van der Waals surface area contributed by atoms with Crippen LogP contribution in [0.1, 0.15) is 25.7 Å². The first kappa shape index (κ1) is 11.3. The van der Waals surface area contributed by atoms with Gasteiger partial charge in [-0.2, -0.15) is 11.8 Å². The number of aliphatic hydroxyl groups is 1. The average Bonchev–Trinajstić information content (AvgIpc) is 2.17. The highest BCUT2D eigenvalue weighted by molar-refractivity contribution is 7.98. The molecule has 1 heterocycles. The molecule has 1 rings (SSSR count). The van der Waals surface area contributed by atoms with Crippen molar-refractivity contribution in [3.05, 3.63) is 0 Å². The first-order chi connectivity index (χ1) is 6.38. The summed E-state index contributed by atoms with van der Waals surface area (Å²) >= 11 is 1.91. The molecule has 1 aliphatic rings. The Morgan fingerprint density at radius 1 is 1.46 bits per heavy atom. The predicted octanol–water partition coefficient (Wildman–Crippen LogP) is 1.59. The molecule has 0 aromatic rings. The van der Waals surface area contributed by atoms with E-state index in [9.17, 15) is 0 Å². The SMILES string of the molecule is CSCCN1CCCCC1CCO. The summed E-state index contributed by atoms with van der Waals surface area (Å²) in [5.41, 5.74) is 0. The van der Waals surface area contributed by atoms with Crippen molar-refractivity contribution in [1.29, 1.82) is 0 Å². The van der Waals surface area contributed by atoms with E-state index in [2.05, 4.69) is 11.2 Å². The lowest BCUT2D eigenvalue weighted by Gasteiger charge is -2.35. The summed E-state index contributed by atoms with van der Waals surface area (Å²) in [5.74, 6) is 1.22. The van der Waals surface area contributed by atoms with Gasteiger partial charge in [0.25, 0.3) is 0 Å². The summed E-state index contributed by atoms with van der Waals surface area (Å²) in [4.78, 5) is 2.55. The molecule has 13 heavy (non-hydrogen) atoms. The Morgan fingerprint density at radius 2 is 2.31 bits per heavy atom. The maximum Gasteiger partial charge on any atom is 0.0445 e. The van der Waals surface area contributed by atoms with Gasteiger partial charge in [0.2, 0.25) is 0 Å². The minimum Gasteiger partial charge on any atom is -0.396 e. The lowest BCUT2D eigenvalue weighted by molar-refractivity contribution is 0.126. The van der Waals surface area contributed by atoms with Crippen molar-refractivity contribution in [3.8, 4) is 0 Å². The van der Waals surface area contributed by atoms with Gasteiger partial charge in [0.1, 0.15) is 0 Å². The first-order valence-electron chi connectivity index (χ1n) is 5.22. The Morgan fingerprint density at radius 3 is 3.00 bits per heavy atom. The lowest BCUT2D eigenvalue weighted by Crippen LogP contribution is -2.41. The second-order valence-electron chi connectivity index (χ2n) is 3.69. The van der Waals surface area contributed by atoms with E-state index in [1.54, 1.807) is 0 Å².